The lowest BCUT2D eigenvalue weighted by atomic mass is 10.2. The zero-order valence-corrected chi connectivity index (χ0v) is 14.0. The highest BCUT2D eigenvalue weighted by atomic mass is 32.1. The second-order valence-corrected chi connectivity index (χ2v) is 6.31. The lowest BCUT2D eigenvalue weighted by Gasteiger charge is -2.03. The van der Waals surface area contributed by atoms with Gasteiger partial charge in [0.05, 0.1) is 17.2 Å². The van der Waals surface area contributed by atoms with Crippen LogP contribution in [0.1, 0.15) is 5.56 Å². The van der Waals surface area contributed by atoms with Crippen LogP contribution in [0.25, 0.3) is 22.4 Å². The molecule has 0 atom stereocenters. The summed E-state index contributed by atoms with van der Waals surface area (Å²) < 4.78 is 20.1. The number of rotatable bonds is 3. The molecule has 0 amide bonds. The molecule has 0 aliphatic rings. The van der Waals surface area contributed by atoms with E-state index in [0.717, 1.165) is 11.1 Å². The predicted molar refractivity (Wildman–Crippen MR) is 94.3 cm³/mol. The normalized spacial score (nSPS) is 12.0. The van der Waals surface area contributed by atoms with Crippen molar-refractivity contribution >= 4 is 22.4 Å². The van der Waals surface area contributed by atoms with Crippen LogP contribution in [-0.4, -0.2) is 21.7 Å². The number of fused-ring (bicyclic) bond motifs is 1. The smallest absolute Gasteiger partial charge is 0.291 e. The molecule has 0 saturated heterocycles. The third kappa shape index (κ3) is 2.78. The lowest BCUT2D eigenvalue weighted by Crippen LogP contribution is -2.23. The minimum absolute atomic E-state index is 0.252. The van der Waals surface area contributed by atoms with Crippen molar-refractivity contribution in [1.29, 1.82) is 0 Å². The van der Waals surface area contributed by atoms with E-state index in [2.05, 4.69) is 10.1 Å². The molecular formula is C18H12FN3O2S. The first kappa shape index (κ1) is 15.5. The molecule has 0 aliphatic heterocycles. The van der Waals surface area contributed by atoms with E-state index in [9.17, 15) is 9.18 Å². The van der Waals surface area contributed by atoms with Crippen LogP contribution in [0.4, 0.5) is 4.39 Å². The van der Waals surface area contributed by atoms with Crippen LogP contribution in [0.15, 0.2) is 53.3 Å². The number of nitrogens with zero attached hydrogens (tertiary/aromatic N) is 3. The van der Waals surface area contributed by atoms with Gasteiger partial charge in [0.2, 0.25) is 4.96 Å². The first-order valence-electron chi connectivity index (χ1n) is 7.46. The minimum atomic E-state index is -0.316. The Labute approximate surface area is 145 Å². The number of hydrogen-bond acceptors (Lipinski definition) is 5. The van der Waals surface area contributed by atoms with Gasteiger partial charge in [-0.15, -0.1) is 5.10 Å². The molecule has 5 nitrogen and oxygen atoms in total. The quantitative estimate of drug-likeness (QED) is 0.568. The number of thiazole rings is 1. The van der Waals surface area contributed by atoms with Gasteiger partial charge in [0.25, 0.3) is 5.56 Å². The average Bonchev–Trinajstić information content (AvgIpc) is 3.17. The van der Waals surface area contributed by atoms with E-state index in [-0.39, 0.29) is 11.4 Å². The Kier molecular flexibility index (Phi) is 3.77. The Bertz CT molecular complexity index is 1170. The number of ether oxygens (including phenoxy) is 1. The van der Waals surface area contributed by atoms with Crippen molar-refractivity contribution < 1.29 is 9.13 Å². The Morgan fingerprint density at radius 3 is 2.64 bits per heavy atom. The van der Waals surface area contributed by atoms with Gasteiger partial charge in [-0.2, -0.15) is 9.50 Å². The van der Waals surface area contributed by atoms with E-state index in [1.54, 1.807) is 25.3 Å². The van der Waals surface area contributed by atoms with Crippen molar-refractivity contribution in [3.8, 4) is 17.1 Å². The van der Waals surface area contributed by atoms with Gasteiger partial charge >= 0.3 is 0 Å². The van der Waals surface area contributed by atoms with Gasteiger partial charge in [0, 0.05) is 0 Å². The summed E-state index contributed by atoms with van der Waals surface area (Å²) in [6.45, 7) is 0. The molecule has 0 unspecified atom stereocenters. The van der Waals surface area contributed by atoms with Crippen LogP contribution in [0.3, 0.4) is 0 Å². The van der Waals surface area contributed by atoms with Gasteiger partial charge in [-0.25, -0.2) is 4.39 Å². The van der Waals surface area contributed by atoms with Crippen LogP contribution in [0.5, 0.6) is 5.75 Å². The predicted octanol–water partition coefficient (Wildman–Crippen LogP) is 2.51. The average molecular weight is 353 g/mol. The highest BCUT2D eigenvalue weighted by molar-refractivity contribution is 7.15. The fourth-order valence-corrected chi connectivity index (χ4v) is 3.40. The summed E-state index contributed by atoms with van der Waals surface area (Å²) in [6.07, 6.45) is 1.70. The Morgan fingerprint density at radius 2 is 1.92 bits per heavy atom. The van der Waals surface area contributed by atoms with E-state index in [1.165, 1.54) is 28.0 Å². The van der Waals surface area contributed by atoms with Crippen molar-refractivity contribution in [2.24, 2.45) is 0 Å². The Hall–Kier alpha value is -3.06. The van der Waals surface area contributed by atoms with Crippen LogP contribution >= 0.6 is 11.3 Å². The highest BCUT2D eigenvalue weighted by Crippen LogP contribution is 2.27. The van der Waals surface area contributed by atoms with E-state index in [1.807, 2.05) is 24.3 Å². The van der Waals surface area contributed by atoms with Gasteiger partial charge in [-0.1, -0.05) is 35.6 Å². The molecule has 0 saturated carbocycles. The highest BCUT2D eigenvalue weighted by Gasteiger charge is 2.14. The van der Waals surface area contributed by atoms with Gasteiger partial charge in [-0.3, -0.25) is 4.79 Å². The maximum Gasteiger partial charge on any atom is 0.291 e. The summed E-state index contributed by atoms with van der Waals surface area (Å²) in [6, 6.07) is 13.3. The monoisotopic (exact) mass is 353 g/mol. The molecule has 0 fully saturated rings. The summed E-state index contributed by atoms with van der Waals surface area (Å²) in [5.74, 6) is 0.768. The van der Waals surface area contributed by atoms with Crippen LogP contribution in [0.2, 0.25) is 0 Å². The molecule has 0 bridgehead atoms. The van der Waals surface area contributed by atoms with E-state index >= 15 is 0 Å². The largest absolute Gasteiger partial charge is 0.496 e. The molecule has 2 heterocycles. The zero-order chi connectivity index (χ0) is 17.4. The van der Waals surface area contributed by atoms with Crippen molar-refractivity contribution in [3.63, 3.8) is 0 Å². The molecule has 25 heavy (non-hydrogen) atoms. The molecule has 7 heteroatoms. The van der Waals surface area contributed by atoms with Gasteiger partial charge in [-0.05, 0) is 35.9 Å². The van der Waals surface area contributed by atoms with Crippen LogP contribution in [0, 0.1) is 5.82 Å². The molecule has 2 aromatic carbocycles. The van der Waals surface area contributed by atoms with E-state index < -0.39 is 0 Å². The number of halogens is 1. The lowest BCUT2D eigenvalue weighted by molar-refractivity contribution is 0.416. The molecule has 0 spiro atoms. The molecule has 4 rings (SSSR count). The first-order valence-corrected chi connectivity index (χ1v) is 8.27. The second kappa shape index (κ2) is 6.10. The Balaban J connectivity index is 1.82. The molecule has 124 valence electrons. The third-order valence-corrected chi connectivity index (χ3v) is 4.66. The van der Waals surface area contributed by atoms with Crippen molar-refractivity contribution in [3.05, 3.63) is 74.8 Å². The summed E-state index contributed by atoms with van der Waals surface area (Å²) in [5.41, 5.74) is 1.22. The third-order valence-electron chi connectivity index (χ3n) is 3.70. The molecule has 2 aromatic heterocycles. The topological polar surface area (TPSA) is 56.5 Å². The van der Waals surface area contributed by atoms with Crippen molar-refractivity contribution in [2.45, 2.75) is 0 Å². The van der Waals surface area contributed by atoms with Crippen LogP contribution in [-0.2, 0) is 0 Å². The van der Waals surface area contributed by atoms with Crippen molar-refractivity contribution in [1.82, 2.24) is 14.6 Å². The standard InChI is InChI=1S/C18H12FN3O2S/c1-24-14-5-3-2-4-13(14)16-20-18-22(21-16)17(23)15(25-18)10-11-6-8-12(19)9-7-11/h2-10H,1H3/b15-10+. The summed E-state index contributed by atoms with van der Waals surface area (Å²) >= 11 is 1.24. The summed E-state index contributed by atoms with van der Waals surface area (Å²) in [4.78, 5) is 17.5. The molecule has 0 aliphatic carbocycles. The number of hydrogen-bond donors (Lipinski definition) is 0. The maximum absolute atomic E-state index is 13.0. The number of aromatic nitrogens is 3. The number of methoxy groups -OCH3 is 1. The Morgan fingerprint density at radius 1 is 1.16 bits per heavy atom. The molecule has 0 radical (unpaired) electrons. The fourth-order valence-electron chi connectivity index (χ4n) is 2.49. The van der Waals surface area contributed by atoms with Gasteiger partial charge < -0.3 is 4.74 Å². The van der Waals surface area contributed by atoms with Gasteiger partial charge in [0.1, 0.15) is 11.6 Å². The van der Waals surface area contributed by atoms with Crippen LogP contribution < -0.4 is 14.8 Å². The number of benzene rings is 2. The molecular weight excluding hydrogens is 341 g/mol. The SMILES string of the molecule is COc1ccccc1-c1nc2s/c(=C/c3ccc(F)cc3)c(=O)n2n1. The summed E-state index contributed by atoms with van der Waals surface area (Å²) in [7, 11) is 1.58. The van der Waals surface area contributed by atoms with Crippen molar-refractivity contribution in [2.75, 3.05) is 7.11 Å². The maximum atomic E-state index is 13.0. The first-order chi connectivity index (χ1) is 12.2. The second-order valence-electron chi connectivity index (χ2n) is 5.30. The fraction of sp³-hybridized carbons (Fsp3) is 0.0556. The number of para-hydroxylation sites is 1. The molecule has 0 N–H and O–H groups in total. The summed E-state index contributed by atoms with van der Waals surface area (Å²) in [5, 5.41) is 4.31. The minimum Gasteiger partial charge on any atom is -0.496 e. The zero-order valence-electron chi connectivity index (χ0n) is 13.1. The van der Waals surface area contributed by atoms with E-state index in [0.29, 0.717) is 21.1 Å². The van der Waals surface area contributed by atoms with E-state index in [4.69, 9.17) is 4.74 Å². The molecule has 4 aromatic rings. The van der Waals surface area contributed by atoms with Gasteiger partial charge in [0.15, 0.2) is 5.82 Å².